The monoisotopic (exact) mass is 664 g/mol. The predicted octanol–water partition coefficient (Wildman–Crippen LogP) is 6.34. The van der Waals surface area contributed by atoms with Gasteiger partial charge in [-0.1, -0.05) is 42.5 Å². The van der Waals surface area contributed by atoms with Crippen molar-refractivity contribution < 1.29 is 41.0 Å². The maximum Gasteiger partial charge on any atom is 0.403 e. The first-order chi connectivity index (χ1) is 22.1. The third-order valence-corrected chi connectivity index (χ3v) is 9.67. The lowest BCUT2D eigenvalue weighted by atomic mass is 9.76. The van der Waals surface area contributed by atoms with Crippen LogP contribution in [-0.2, 0) is 16.0 Å². The number of fused-ring (bicyclic) bond motifs is 1. The topological polar surface area (TPSA) is 85.8 Å². The number of aryl methyl sites for hydroxylation is 1. The Bertz CT molecular complexity index is 1610. The van der Waals surface area contributed by atoms with Crippen LogP contribution in [0.4, 0.5) is 26.3 Å². The molecule has 7 nitrogen and oxygen atoms in total. The summed E-state index contributed by atoms with van der Waals surface area (Å²) in [6, 6.07) is 11.2. The van der Waals surface area contributed by atoms with Gasteiger partial charge in [0.15, 0.2) is 0 Å². The zero-order chi connectivity index (χ0) is 34.1. The Morgan fingerprint density at radius 2 is 1.64 bits per heavy atom. The van der Waals surface area contributed by atoms with Gasteiger partial charge in [0.1, 0.15) is 11.5 Å². The number of aromatic nitrogens is 1. The number of carboxylic acid groups (broad SMARTS) is 1. The van der Waals surface area contributed by atoms with Gasteiger partial charge in [-0.05, 0) is 99.2 Å². The lowest BCUT2D eigenvalue weighted by molar-refractivity contribution is -0.236. The predicted molar refractivity (Wildman–Crippen MR) is 165 cm³/mol. The fourth-order valence-corrected chi connectivity index (χ4v) is 6.91. The highest BCUT2D eigenvalue weighted by atomic mass is 19.4. The summed E-state index contributed by atoms with van der Waals surface area (Å²) in [5.74, 6) is -2.65. The van der Waals surface area contributed by atoms with Crippen LogP contribution in [0.15, 0.2) is 48.7 Å². The van der Waals surface area contributed by atoms with Crippen LogP contribution in [0.1, 0.15) is 48.3 Å². The zero-order valence-corrected chi connectivity index (χ0v) is 26.2. The first kappa shape index (κ1) is 34.6. The summed E-state index contributed by atoms with van der Waals surface area (Å²) >= 11 is 0. The number of nitrogens with one attached hydrogen (secondary N) is 1. The summed E-state index contributed by atoms with van der Waals surface area (Å²) in [6.07, 6.45) is -7.81. The molecule has 1 aromatic heterocycles. The van der Waals surface area contributed by atoms with E-state index in [1.165, 1.54) is 5.56 Å². The number of pyridine rings is 1. The number of hydrogen-bond donors (Lipinski definition) is 2. The molecule has 2 aliphatic rings. The third-order valence-electron chi connectivity index (χ3n) is 9.67. The first-order valence-corrected chi connectivity index (χ1v) is 15.6. The second-order valence-electron chi connectivity index (χ2n) is 12.9. The van der Waals surface area contributed by atoms with Gasteiger partial charge in [-0.25, -0.2) is 4.79 Å². The molecular formula is C34H38F6N4O3. The van der Waals surface area contributed by atoms with E-state index < -0.39 is 68.2 Å². The van der Waals surface area contributed by atoms with Gasteiger partial charge in [0.25, 0.3) is 0 Å². The standard InChI is InChI=1S/C34H38F6N4O3/c1-21-17-24(22-9-13-43(2)14-10-22)19-41-29(21)27-8-4-6-25-23(5-3-7-26(25)27)18-28(30(45)46)42-31(47)32(34(38,39)40)11-15-44(16-12-32)20-33(35,36)37/h3-8,17,19,22,28H,9-16,18,20H2,1-2H3,(H,42,47)(H,45,46)/t28-/m0/s1. The quantitative estimate of drug-likeness (QED) is 0.274. The molecular weight excluding hydrogens is 626 g/mol. The smallest absolute Gasteiger partial charge is 0.403 e. The highest BCUT2D eigenvalue weighted by molar-refractivity contribution is 5.98. The van der Waals surface area contributed by atoms with Gasteiger partial charge in [0.2, 0.25) is 5.91 Å². The fraction of sp³-hybridized carbons (Fsp3) is 0.500. The molecule has 5 rings (SSSR count). The molecule has 47 heavy (non-hydrogen) atoms. The summed E-state index contributed by atoms with van der Waals surface area (Å²) in [5, 5.41) is 13.5. The van der Waals surface area contributed by atoms with E-state index in [4.69, 9.17) is 4.98 Å². The zero-order valence-electron chi connectivity index (χ0n) is 26.2. The molecule has 2 N–H and O–H groups in total. The van der Waals surface area contributed by atoms with E-state index in [1.54, 1.807) is 24.3 Å². The van der Waals surface area contributed by atoms with E-state index >= 15 is 0 Å². The molecule has 3 heterocycles. The number of nitrogens with zero attached hydrogens (tertiary/aromatic N) is 3. The van der Waals surface area contributed by atoms with Crippen molar-refractivity contribution in [1.29, 1.82) is 0 Å². The Hall–Kier alpha value is -3.71. The molecule has 3 aromatic rings. The van der Waals surface area contributed by atoms with E-state index in [1.807, 2.05) is 25.3 Å². The maximum absolute atomic E-state index is 14.3. The van der Waals surface area contributed by atoms with Gasteiger partial charge in [-0.2, -0.15) is 26.3 Å². The van der Waals surface area contributed by atoms with Gasteiger partial charge in [0, 0.05) is 18.2 Å². The molecule has 2 fully saturated rings. The van der Waals surface area contributed by atoms with Gasteiger partial charge in [-0.3, -0.25) is 14.7 Å². The van der Waals surface area contributed by atoms with Crippen LogP contribution in [0.5, 0.6) is 0 Å². The van der Waals surface area contributed by atoms with Gasteiger partial charge in [-0.15, -0.1) is 0 Å². The number of aliphatic carboxylic acids is 1. The molecule has 2 aliphatic heterocycles. The van der Waals surface area contributed by atoms with Crippen LogP contribution in [0, 0.1) is 12.3 Å². The van der Waals surface area contributed by atoms with Crippen LogP contribution >= 0.6 is 0 Å². The van der Waals surface area contributed by atoms with Crippen LogP contribution in [0.25, 0.3) is 22.0 Å². The Morgan fingerprint density at radius 1 is 1.00 bits per heavy atom. The largest absolute Gasteiger partial charge is 0.480 e. The number of rotatable bonds is 8. The second-order valence-corrected chi connectivity index (χ2v) is 12.9. The molecule has 1 atom stereocenters. The van der Waals surface area contributed by atoms with E-state index in [0.29, 0.717) is 16.9 Å². The van der Waals surface area contributed by atoms with Gasteiger partial charge >= 0.3 is 18.3 Å². The lowest BCUT2D eigenvalue weighted by Crippen LogP contribution is -2.59. The van der Waals surface area contributed by atoms with Crippen LogP contribution in [0.2, 0.25) is 0 Å². The highest BCUT2D eigenvalue weighted by Crippen LogP contribution is 2.47. The molecule has 1 amide bonds. The molecule has 254 valence electrons. The van der Waals surface area contributed by atoms with Crippen molar-refractivity contribution in [2.45, 2.75) is 63.3 Å². The molecule has 0 saturated carbocycles. The SMILES string of the molecule is Cc1cc(C2CCN(C)CC2)cnc1-c1cccc2c(C[C@H](NC(=O)C3(C(F)(F)F)CCN(CC(F)(F)F)CC3)C(=O)O)cccc12. The molecule has 0 bridgehead atoms. The number of carbonyl (C=O) groups is 2. The molecule has 0 radical (unpaired) electrons. The molecule has 0 aliphatic carbocycles. The number of piperidine rings is 2. The molecule has 2 aromatic carbocycles. The fourth-order valence-electron chi connectivity index (χ4n) is 6.91. The number of alkyl halides is 6. The minimum atomic E-state index is -5.09. The van der Waals surface area contributed by atoms with Crippen molar-refractivity contribution >= 4 is 22.6 Å². The summed E-state index contributed by atoms with van der Waals surface area (Å²) in [4.78, 5) is 33.5. The number of benzene rings is 2. The number of likely N-dealkylation sites (tertiary alicyclic amines) is 2. The summed E-state index contributed by atoms with van der Waals surface area (Å²) in [5.41, 5.74) is 1.23. The number of carboxylic acids is 1. The maximum atomic E-state index is 14.3. The molecule has 2 saturated heterocycles. The molecule has 0 spiro atoms. The average molecular weight is 665 g/mol. The summed E-state index contributed by atoms with van der Waals surface area (Å²) < 4.78 is 81.5. The van der Waals surface area contributed by atoms with E-state index in [-0.39, 0.29) is 6.42 Å². The van der Waals surface area contributed by atoms with Crippen molar-refractivity contribution in [3.05, 3.63) is 65.4 Å². The lowest BCUT2D eigenvalue weighted by Gasteiger charge is -2.42. The van der Waals surface area contributed by atoms with E-state index in [0.717, 1.165) is 53.0 Å². The number of halogens is 6. The summed E-state index contributed by atoms with van der Waals surface area (Å²) in [7, 11) is 2.11. The van der Waals surface area contributed by atoms with E-state index in [9.17, 15) is 41.0 Å². The van der Waals surface area contributed by atoms with Gasteiger partial charge in [0.05, 0.1) is 12.2 Å². The van der Waals surface area contributed by atoms with Gasteiger partial charge < -0.3 is 15.3 Å². The summed E-state index contributed by atoms with van der Waals surface area (Å²) in [6.45, 7) is 1.43. The Kier molecular flexibility index (Phi) is 9.89. The van der Waals surface area contributed by atoms with Crippen LogP contribution < -0.4 is 5.32 Å². The minimum absolute atomic E-state index is 0.308. The molecule has 0 unspecified atom stereocenters. The number of amides is 1. The van der Waals surface area contributed by atoms with Crippen molar-refractivity contribution in [3.8, 4) is 11.3 Å². The van der Waals surface area contributed by atoms with Crippen LogP contribution in [0.3, 0.4) is 0 Å². The van der Waals surface area contributed by atoms with Crippen molar-refractivity contribution in [2.24, 2.45) is 5.41 Å². The van der Waals surface area contributed by atoms with Crippen molar-refractivity contribution in [1.82, 2.24) is 20.1 Å². The first-order valence-electron chi connectivity index (χ1n) is 15.6. The average Bonchev–Trinajstić information content (AvgIpc) is 3.00. The normalized spacial score (nSPS) is 19.1. The second kappa shape index (κ2) is 13.4. The minimum Gasteiger partial charge on any atom is -0.480 e. The van der Waals surface area contributed by atoms with Crippen LogP contribution in [-0.4, -0.2) is 89.9 Å². The van der Waals surface area contributed by atoms with Crippen molar-refractivity contribution in [3.63, 3.8) is 0 Å². The highest BCUT2D eigenvalue weighted by Gasteiger charge is 2.61. The third kappa shape index (κ3) is 7.56. The Labute approximate surface area is 268 Å². The Morgan fingerprint density at radius 3 is 2.23 bits per heavy atom. The molecule has 13 heteroatoms. The van der Waals surface area contributed by atoms with E-state index in [2.05, 4.69) is 23.3 Å². The van der Waals surface area contributed by atoms with Crippen molar-refractivity contribution in [2.75, 3.05) is 39.8 Å². The number of carbonyl (C=O) groups excluding carboxylic acids is 1. The number of hydrogen-bond acceptors (Lipinski definition) is 5. The Balaban J connectivity index is 1.38.